The minimum Gasteiger partial charge on any atom is -0.482 e. The maximum Gasteiger partial charge on any atom is 0.270 e. The number of nitro groups is 1. The molecule has 7 nitrogen and oxygen atoms in total. The van der Waals surface area contributed by atoms with Crippen molar-refractivity contribution in [2.75, 3.05) is 19.7 Å². The standard InChI is InChI=1S/C33H32FN3O4/c1-23-20-36(24(2)19-35(23)21-25-13-15-28(34)16-14-25)32(38)22-41-33-30(26-9-5-3-6-10-26)17-29(37(39)40)18-31(33)27-11-7-4-8-12-27/h3-18,23-24H,19-22H2,1-2H3. The molecular formula is C33H32FN3O4. The van der Waals surface area contributed by atoms with E-state index in [4.69, 9.17) is 4.74 Å². The summed E-state index contributed by atoms with van der Waals surface area (Å²) in [5.74, 6) is 0.0172. The molecule has 4 aromatic carbocycles. The van der Waals surface area contributed by atoms with Crippen LogP contribution >= 0.6 is 0 Å². The molecule has 1 aliphatic heterocycles. The number of halogens is 1. The Morgan fingerprint density at radius 2 is 1.44 bits per heavy atom. The molecule has 1 amide bonds. The number of hydrogen-bond acceptors (Lipinski definition) is 5. The van der Waals surface area contributed by atoms with Crippen LogP contribution in [0.1, 0.15) is 19.4 Å². The van der Waals surface area contributed by atoms with E-state index in [2.05, 4.69) is 11.8 Å². The lowest BCUT2D eigenvalue weighted by Crippen LogP contribution is -2.58. The van der Waals surface area contributed by atoms with Crippen LogP contribution in [0.5, 0.6) is 5.75 Å². The number of hydrogen-bond donors (Lipinski definition) is 0. The quantitative estimate of drug-likeness (QED) is 0.182. The van der Waals surface area contributed by atoms with Gasteiger partial charge in [0.1, 0.15) is 11.6 Å². The molecule has 0 saturated carbocycles. The molecule has 0 N–H and O–H groups in total. The average Bonchev–Trinajstić information content (AvgIpc) is 2.99. The van der Waals surface area contributed by atoms with Gasteiger partial charge < -0.3 is 9.64 Å². The normalized spacial score (nSPS) is 17.3. The number of nitrogens with zero attached hydrogens (tertiary/aromatic N) is 3. The van der Waals surface area contributed by atoms with Crippen molar-refractivity contribution in [1.82, 2.24) is 9.80 Å². The van der Waals surface area contributed by atoms with Crippen molar-refractivity contribution < 1.29 is 18.8 Å². The van der Waals surface area contributed by atoms with E-state index in [9.17, 15) is 19.3 Å². The van der Waals surface area contributed by atoms with E-state index in [1.54, 1.807) is 12.1 Å². The molecule has 0 bridgehead atoms. The molecule has 0 radical (unpaired) electrons. The topological polar surface area (TPSA) is 75.9 Å². The highest BCUT2D eigenvalue weighted by Crippen LogP contribution is 2.42. The SMILES string of the molecule is CC1CN(C(=O)COc2c(-c3ccccc3)cc([N+](=O)[O-])cc2-c2ccccc2)C(C)CN1Cc1ccc(F)cc1. The van der Waals surface area contributed by atoms with Gasteiger partial charge in [-0.25, -0.2) is 4.39 Å². The van der Waals surface area contributed by atoms with Crippen molar-refractivity contribution in [3.05, 3.63) is 119 Å². The highest BCUT2D eigenvalue weighted by atomic mass is 19.1. The average molecular weight is 554 g/mol. The molecule has 1 fully saturated rings. The first-order valence-electron chi connectivity index (χ1n) is 13.6. The molecule has 41 heavy (non-hydrogen) atoms. The van der Waals surface area contributed by atoms with Crippen LogP contribution in [0.4, 0.5) is 10.1 Å². The van der Waals surface area contributed by atoms with E-state index in [0.29, 0.717) is 36.5 Å². The summed E-state index contributed by atoms with van der Waals surface area (Å²) < 4.78 is 19.6. The maximum atomic E-state index is 13.5. The maximum absolute atomic E-state index is 13.5. The van der Waals surface area contributed by atoms with Gasteiger partial charge in [-0.1, -0.05) is 72.8 Å². The minimum absolute atomic E-state index is 0.0539. The van der Waals surface area contributed by atoms with Crippen LogP contribution in [0.2, 0.25) is 0 Å². The van der Waals surface area contributed by atoms with Gasteiger partial charge in [0.05, 0.1) is 4.92 Å². The van der Waals surface area contributed by atoms with Gasteiger partial charge in [0.25, 0.3) is 11.6 Å². The summed E-state index contributed by atoms with van der Waals surface area (Å²) in [5.41, 5.74) is 3.59. The number of nitro benzene ring substituents is 1. The molecule has 0 aromatic heterocycles. The first-order valence-corrected chi connectivity index (χ1v) is 13.6. The monoisotopic (exact) mass is 553 g/mol. The van der Waals surface area contributed by atoms with Crippen LogP contribution in [-0.2, 0) is 11.3 Å². The van der Waals surface area contributed by atoms with Gasteiger partial charge in [-0.05, 0) is 42.7 Å². The highest BCUT2D eigenvalue weighted by molar-refractivity contribution is 5.86. The van der Waals surface area contributed by atoms with Crippen molar-refractivity contribution in [1.29, 1.82) is 0 Å². The third kappa shape index (κ3) is 6.44. The molecular weight excluding hydrogens is 521 g/mol. The first kappa shape index (κ1) is 28.0. The number of carbonyl (C=O) groups excluding carboxylic acids is 1. The molecule has 1 saturated heterocycles. The summed E-state index contributed by atoms with van der Waals surface area (Å²) in [6.07, 6.45) is 0. The van der Waals surface area contributed by atoms with Crippen LogP contribution in [0.15, 0.2) is 97.1 Å². The second-order valence-electron chi connectivity index (χ2n) is 10.4. The molecule has 8 heteroatoms. The number of amides is 1. The predicted molar refractivity (Wildman–Crippen MR) is 157 cm³/mol. The van der Waals surface area contributed by atoms with E-state index in [0.717, 1.165) is 16.7 Å². The zero-order chi connectivity index (χ0) is 28.9. The van der Waals surface area contributed by atoms with Crippen molar-refractivity contribution in [2.45, 2.75) is 32.5 Å². The molecule has 5 rings (SSSR count). The Balaban J connectivity index is 1.39. The fraction of sp³-hybridized carbons (Fsp3) is 0.242. The van der Waals surface area contributed by atoms with Crippen LogP contribution in [0.3, 0.4) is 0 Å². The third-order valence-corrected chi connectivity index (χ3v) is 7.53. The Bertz CT molecular complexity index is 1450. The lowest BCUT2D eigenvalue weighted by Gasteiger charge is -2.44. The molecule has 4 aromatic rings. The summed E-state index contributed by atoms with van der Waals surface area (Å²) in [7, 11) is 0. The summed E-state index contributed by atoms with van der Waals surface area (Å²) in [6.45, 7) is 5.76. The molecule has 210 valence electrons. The van der Waals surface area contributed by atoms with Gasteiger partial charge in [-0.3, -0.25) is 19.8 Å². The Morgan fingerprint density at radius 3 is 1.98 bits per heavy atom. The Labute approximate surface area is 238 Å². The van der Waals surface area contributed by atoms with E-state index in [1.807, 2.05) is 72.5 Å². The molecule has 2 atom stereocenters. The second-order valence-corrected chi connectivity index (χ2v) is 10.4. The lowest BCUT2D eigenvalue weighted by atomic mass is 9.96. The van der Waals surface area contributed by atoms with Crippen molar-refractivity contribution in [3.8, 4) is 28.0 Å². The highest BCUT2D eigenvalue weighted by Gasteiger charge is 2.32. The zero-order valence-corrected chi connectivity index (χ0v) is 23.1. The largest absolute Gasteiger partial charge is 0.482 e. The fourth-order valence-corrected chi connectivity index (χ4v) is 5.35. The second kappa shape index (κ2) is 12.3. The molecule has 1 heterocycles. The van der Waals surface area contributed by atoms with Gasteiger partial charge in [-0.2, -0.15) is 0 Å². The zero-order valence-electron chi connectivity index (χ0n) is 23.1. The van der Waals surface area contributed by atoms with Crippen LogP contribution in [0.25, 0.3) is 22.3 Å². The summed E-state index contributed by atoms with van der Waals surface area (Å²) in [4.78, 5) is 29.1. The summed E-state index contributed by atoms with van der Waals surface area (Å²) in [5, 5.41) is 11.9. The number of ether oxygens (including phenoxy) is 1. The minimum atomic E-state index is -0.414. The number of non-ortho nitro benzene ring substituents is 1. The van der Waals surface area contributed by atoms with E-state index in [1.165, 1.54) is 24.3 Å². The van der Waals surface area contributed by atoms with E-state index in [-0.39, 0.29) is 36.1 Å². The molecule has 0 spiro atoms. The first-order chi connectivity index (χ1) is 19.8. The Morgan fingerprint density at radius 1 is 0.878 bits per heavy atom. The number of benzene rings is 4. The van der Waals surface area contributed by atoms with Gasteiger partial charge in [0.15, 0.2) is 6.61 Å². The van der Waals surface area contributed by atoms with E-state index >= 15 is 0 Å². The van der Waals surface area contributed by atoms with Crippen LogP contribution < -0.4 is 4.74 Å². The number of piperazine rings is 1. The summed E-state index contributed by atoms with van der Waals surface area (Å²) in [6, 6.07) is 28.2. The number of carbonyl (C=O) groups is 1. The Hall–Kier alpha value is -4.56. The third-order valence-electron chi connectivity index (χ3n) is 7.53. The molecule has 2 unspecified atom stereocenters. The lowest BCUT2D eigenvalue weighted by molar-refractivity contribution is -0.384. The van der Waals surface area contributed by atoms with Gasteiger partial charge in [0.2, 0.25) is 0 Å². The number of rotatable bonds is 8. The fourth-order valence-electron chi connectivity index (χ4n) is 5.35. The predicted octanol–water partition coefficient (Wildman–Crippen LogP) is 6.57. The molecule has 1 aliphatic rings. The van der Waals surface area contributed by atoms with Crippen molar-refractivity contribution in [3.63, 3.8) is 0 Å². The smallest absolute Gasteiger partial charge is 0.270 e. The van der Waals surface area contributed by atoms with Crippen molar-refractivity contribution in [2.24, 2.45) is 0 Å². The molecule has 0 aliphatic carbocycles. The van der Waals surface area contributed by atoms with Gasteiger partial charge >= 0.3 is 0 Å². The Kier molecular flexibility index (Phi) is 8.40. The van der Waals surface area contributed by atoms with Gasteiger partial charge in [-0.15, -0.1) is 0 Å². The van der Waals surface area contributed by atoms with Crippen molar-refractivity contribution >= 4 is 11.6 Å². The van der Waals surface area contributed by atoms with Crippen LogP contribution in [0, 0.1) is 15.9 Å². The summed E-state index contributed by atoms with van der Waals surface area (Å²) >= 11 is 0. The van der Waals surface area contributed by atoms with Crippen LogP contribution in [-0.4, -0.2) is 52.4 Å². The van der Waals surface area contributed by atoms with Gasteiger partial charge in [0, 0.05) is 55.0 Å². The van der Waals surface area contributed by atoms with E-state index < -0.39 is 4.92 Å².